The molecule has 0 N–H and O–H groups in total. The molecule has 8 aromatic carbocycles. The van der Waals surface area contributed by atoms with Gasteiger partial charge in [0.15, 0.2) is 0 Å². The fourth-order valence-corrected chi connectivity index (χ4v) is 12.0. The zero-order valence-corrected chi connectivity index (χ0v) is 35.3. The smallest absolute Gasteiger partial charge is 0.0476 e. The van der Waals surface area contributed by atoms with Gasteiger partial charge in [0.1, 0.15) is 0 Å². The summed E-state index contributed by atoms with van der Waals surface area (Å²) in [5, 5.41) is 2.65. The lowest BCUT2D eigenvalue weighted by molar-refractivity contribution is 0.446. The Labute approximate surface area is 358 Å². The van der Waals surface area contributed by atoms with Gasteiger partial charge in [-0.3, -0.25) is 0 Å². The Morgan fingerprint density at radius 3 is 1.73 bits per heavy atom. The van der Waals surface area contributed by atoms with E-state index in [1.165, 1.54) is 131 Å². The lowest BCUT2D eigenvalue weighted by Gasteiger charge is -2.35. The first-order valence-corrected chi connectivity index (χ1v) is 22.6. The predicted molar refractivity (Wildman–Crippen MR) is 257 cm³/mol. The molecule has 11 rings (SSSR count). The van der Waals surface area contributed by atoms with E-state index in [4.69, 9.17) is 0 Å². The van der Waals surface area contributed by atoms with Crippen molar-refractivity contribution >= 4 is 48.6 Å². The van der Waals surface area contributed by atoms with Crippen molar-refractivity contribution in [2.75, 3.05) is 4.90 Å². The van der Waals surface area contributed by atoms with E-state index in [9.17, 15) is 0 Å². The number of hydrogen-bond donors (Lipinski definition) is 0. The molecule has 0 unspecified atom stereocenters. The van der Waals surface area contributed by atoms with Gasteiger partial charge in [0.2, 0.25) is 0 Å². The first-order chi connectivity index (χ1) is 29.5. The van der Waals surface area contributed by atoms with Crippen LogP contribution in [0.2, 0.25) is 0 Å². The summed E-state index contributed by atoms with van der Waals surface area (Å²) in [6, 6.07) is 70.8. The third kappa shape index (κ3) is 6.03. The molecule has 0 aliphatic heterocycles. The zero-order valence-electron chi connectivity index (χ0n) is 34.5. The first-order valence-electron chi connectivity index (χ1n) is 21.8. The van der Waals surface area contributed by atoms with Gasteiger partial charge in [-0.05, 0) is 111 Å². The van der Waals surface area contributed by atoms with Crippen molar-refractivity contribution in [1.29, 1.82) is 0 Å². The summed E-state index contributed by atoms with van der Waals surface area (Å²) >= 11 is 1.90. The van der Waals surface area contributed by atoms with Crippen LogP contribution >= 0.6 is 11.3 Å². The van der Waals surface area contributed by atoms with Crippen molar-refractivity contribution in [3.8, 4) is 33.4 Å². The highest BCUT2D eigenvalue weighted by Crippen LogP contribution is 2.54. The Kier molecular flexibility index (Phi) is 9.09. The molecule has 292 valence electrons. The van der Waals surface area contributed by atoms with Crippen LogP contribution in [0.25, 0.3) is 53.6 Å². The van der Waals surface area contributed by atoms with Gasteiger partial charge in [0, 0.05) is 48.1 Å². The lowest BCUT2D eigenvalue weighted by atomic mass is 9.69. The molecule has 0 spiro atoms. The van der Waals surface area contributed by atoms with Gasteiger partial charge in [0.25, 0.3) is 0 Å². The summed E-state index contributed by atoms with van der Waals surface area (Å²) in [4.78, 5) is 2.50. The second-order valence-corrected chi connectivity index (χ2v) is 18.6. The van der Waals surface area contributed by atoms with E-state index < -0.39 is 0 Å². The van der Waals surface area contributed by atoms with Crippen molar-refractivity contribution in [1.82, 2.24) is 0 Å². The average molecular weight is 792 g/mol. The minimum Gasteiger partial charge on any atom is -0.310 e. The van der Waals surface area contributed by atoms with Crippen LogP contribution in [0, 0.1) is 0 Å². The lowest BCUT2D eigenvalue weighted by Crippen LogP contribution is -2.27. The van der Waals surface area contributed by atoms with Crippen LogP contribution in [-0.4, -0.2) is 0 Å². The third-order valence-corrected chi connectivity index (χ3v) is 14.9. The highest BCUT2D eigenvalue weighted by atomic mass is 32.1. The SMILES string of the molecule is CC1(C)c2ccc(N(c3ccc(C4(c5ccccc5)CCCCCC4)cc3)c3ccc4c(c3)sc3cccc(-c5ccccc5)c34)cc2-c2c(-c3ccccc3)cccc21. The van der Waals surface area contributed by atoms with Crippen molar-refractivity contribution in [2.24, 2.45) is 0 Å². The Hall–Kier alpha value is -6.22. The van der Waals surface area contributed by atoms with Crippen LogP contribution < -0.4 is 4.90 Å². The molecular weight excluding hydrogens is 743 g/mol. The quantitative estimate of drug-likeness (QED) is 0.145. The molecule has 0 bridgehead atoms. The van der Waals surface area contributed by atoms with E-state index in [1.807, 2.05) is 11.3 Å². The predicted octanol–water partition coefficient (Wildman–Crippen LogP) is 16.8. The number of rotatable bonds is 7. The summed E-state index contributed by atoms with van der Waals surface area (Å²) in [6.45, 7) is 4.77. The molecule has 1 aromatic heterocycles. The molecule has 0 amide bonds. The van der Waals surface area contributed by atoms with Crippen LogP contribution in [0.1, 0.15) is 74.6 Å². The molecule has 60 heavy (non-hydrogen) atoms. The van der Waals surface area contributed by atoms with E-state index in [-0.39, 0.29) is 10.8 Å². The third-order valence-electron chi connectivity index (χ3n) is 13.8. The molecule has 2 heteroatoms. The summed E-state index contributed by atoms with van der Waals surface area (Å²) in [6.07, 6.45) is 7.55. The molecule has 1 saturated carbocycles. The number of anilines is 3. The number of fused-ring (bicyclic) bond motifs is 6. The summed E-state index contributed by atoms with van der Waals surface area (Å²) in [5.74, 6) is 0. The van der Waals surface area contributed by atoms with Crippen molar-refractivity contribution in [2.45, 2.75) is 63.2 Å². The maximum atomic E-state index is 2.50. The van der Waals surface area contributed by atoms with Gasteiger partial charge in [-0.1, -0.05) is 185 Å². The number of benzene rings is 8. The van der Waals surface area contributed by atoms with Crippen LogP contribution in [0.4, 0.5) is 17.1 Å². The molecule has 9 aromatic rings. The highest BCUT2D eigenvalue weighted by Gasteiger charge is 2.38. The Morgan fingerprint density at radius 1 is 0.433 bits per heavy atom. The van der Waals surface area contributed by atoms with Crippen LogP contribution in [0.3, 0.4) is 0 Å². The summed E-state index contributed by atoms with van der Waals surface area (Å²) in [7, 11) is 0. The Bertz CT molecular complexity index is 2990. The monoisotopic (exact) mass is 791 g/mol. The van der Waals surface area contributed by atoms with Crippen LogP contribution in [-0.2, 0) is 10.8 Å². The fourth-order valence-electron chi connectivity index (χ4n) is 10.8. The molecule has 1 nitrogen and oxygen atoms in total. The molecule has 0 atom stereocenters. The number of nitrogens with zero attached hydrogens (tertiary/aromatic N) is 1. The second-order valence-electron chi connectivity index (χ2n) is 17.5. The minimum absolute atomic E-state index is 0.0320. The van der Waals surface area contributed by atoms with Gasteiger partial charge < -0.3 is 4.90 Å². The minimum atomic E-state index is -0.114. The van der Waals surface area contributed by atoms with Crippen molar-refractivity contribution in [3.05, 3.63) is 210 Å². The van der Waals surface area contributed by atoms with Gasteiger partial charge in [0.05, 0.1) is 0 Å². The maximum Gasteiger partial charge on any atom is 0.0476 e. The summed E-state index contributed by atoms with van der Waals surface area (Å²) in [5.41, 5.74) is 16.9. The van der Waals surface area contributed by atoms with E-state index in [2.05, 4.69) is 207 Å². The first kappa shape index (κ1) is 36.8. The summed E-state index contributed by atoms with van der Waals surface area (Å²) < 4.78 is 2.62. The van der Waals surface area contributed by atoms with Gasteiger partial charge in [-0.25, -0.2) is 0 Å². The normalized spacial score (nSPS) is 15.4. The molecule has 0 radical (unpaired) electrons. The van der Waals surface area contributed by atoms with Gasteiger partial charge >= 0.3 is 0 Å². The number of thiophene rings is 1. The van der Waals surface area contributed by atoms with E-state index in [1.54, 1.807) is 0 Å². The molecule has 1 heterocycles. The van der Waals surface area contributed by atoms with Crippen molar-refractivity contribution in [3.63, 3.8) is 0 Å². The number of hydrogen-bond acceptors (Lipinski definition) is 2. The highest BCUT2D eigenvalue weighted by molar-refractivity contribution is 7.26. The maximum absolute atomic E-state index is 2.50. The molecule has 2 aliphatic carbocycles. The Morgan fingerprint density at radius 2 is 1.02 bits per heavy atom. The molecular formula is C58H49NS. The molecule has 1 fully saturated rings. The van der Waals surface area contributed by atoms with Crippen molar-refractivity contribution < 1.29 is 0 Å². The molecule has 0 saturated heterocycles. The van der Waals surface area contributed by atoms with Gasteiger partial charge in [-0.2, -0.15) is 0 Å². The largest absolute Gasteiger partial charge is 0.310 e. The second kappa shape index (κ2) is 14.8. The molecule has 2 aliphatic rings. The van der Waals surface area contributed by atoms with Crippen LogP contribution in [0.15, 0.2) is 188 Å². The average Bonchev–Trinajstić information content (AvgIpc) is 3.64. The van der Waals surface area contributed by atoms with E-state index in [0.29, 0.717) is 0 Å². The van der Waals surface area contributed by atoms with Crippen LogP contribution in [0.5, 0.6) is 0 Å². The van der Waals surface area contributed by atoms with E-state index >= 15 is 0 Å². The topological polar surface area (TPSA) is 3.24 Å². The fraction of sp³-hybridized carbons (Fsp3) is 0.172. The Balaban J connectivity index is 1.09. The standard InChI is InChI=1S/C58H49NS/c1-57(2)51-35-33-45(38-50(51)55-47(24-16-26-52(55)57)40-18-8-5-9-19-40)59(44-30-28-43(29-31-44)58(36-14-3-4-15-37-58)42-22-12-7-13-23-42)46-32-34-49-54(39-46)60-53-27-17-25-48(56(49)53)41-20-10-6-11-21-41/h5-13,16-35,38-39H,3-4,14-15,36-37H2,1-2H3. The van der Waals surface area contributed by atoms with E-state index in [0.717, 1.165) is 0 Å². The zero-order chi connectivity index (χ0) is 40.3. The van der Waals surface area contributed by atoms with Gasteiger partial charge in [-0.15, -0.1) is 11.3 Å².